The topological polar surface area (TPSA) is 63.1 Å². The van der Waals surface area contributed by atoms with E-state index >= 15 is 0 Å². The Hall–Kier alpha value is -2.96. The number of rotatable bonds is 10. The number of aliphatic hydroxyl groups is 1. The van der Waals surface area contributed by atoms with Gasteiger partial charge in [0.1, 0.15) is 16.9 Å². The van der Waals surface area contributed by atoms with E-state index in [4.69, 9.17) is 9.97 Å². The maximum atomic E-state index is 12.2. The van der Waals surface area contributed by atoms with Gasteiger partial charge in [0.05, 0.1) is 0 Å². The molecule has 3 aromatic heterocycles. The summed E-state index contributed by atoms with van der Waals surface area (Å²) in [6.45, 7) is 25.8. The second-order valence-corrected chi connectivity index (χ2v) is 18.6. The summed E-state index contributed by atoms with van der Waals surface area (Å²) in [4.78, 5) is 24.3. The maximum Gasteiger partial charge on any atom is 0.164 e. The number of aliphatic hydroxyl groups excluding tert-OH is 1. The van der Waals surface area contributed by atoms with Gasteiger partial charge in [-0.1, -0.05) is 105 Å². The van der Waals surface area contributed by atoms with Crippen molar-refractivity contribution in [1.29, 1.82) is 0 Å². The number of aromatic nitrogens is 2. The number of nitrogens with zero attached hydrogens (tertiary/aromatic N) is 2. The molecule has 4 nitrogen and oxygen atoms in total. The van der Waals surface area contributed by atoms with Gasteiger partial charge in [-0.3, -0.25) is 9.78 Å². The second kappa shape index (κ2) is 16.8. The van der Waals surface area contributed by atoms with Crippen LogP contribution in [0.3, 0.4) is 0 Å². The van der Waals surface area contributed by atoms with Crippen molar-refractivity contribution in [3.05, 3.63) is 82.7 Å². The number of hydrogen-bond acceptors (Lipinski definition) is 6. The Morgan fingerprint density at radius 1 is 0.849 bits per heavy atom. The third kappa shape index (κ3) is 8.49. The average Bonchev–Trinajstić information content (AvgIpc) is 3.66. The van der Waals surface area contributed by atoms with E-state index in [1.165, 1.54) is 53.0 Å². The summed E-state index contributed by atoms with van der Waals surface area (Å²) < 4.78 is 2.64. The molecule has 0 aliphatic carbocycles. The number of thiophene rings is 2. The first-order valence-electron chi connectivity index (χ1n) is 19.0. The van der Waals surface area contributed by atoms with Crippen LogP contribution in [0.2, 0.25) is 0 Å². The van der Waals surface area contributed by atoms with Gasteiger partial charge in [-0.2, -0.15) is 0 Å². The molecule has 3 heterocycles. The Kier molecular flexibility index (Phi) is 13.6. The normalized spacial score (nSPS) is 12.8. The van der Waals surface area contributed by atoms with Crippen LogP contribution in [0.5, 0.6) is 0 Å². The van der Waals surface area contributed by atoms with Crippen molar-refractivity contribution in [3.8, 4) is 11.3 Å². The van der Waals surface area contributed by atoms with Crippen LogP contribution >= 0.6 is 22.7 Å². The Labute approximate surface area is 338 Å². The number of benzene rings is 3. The van der Waals surface area contributed by atoms with Gasteiger partial charge in [-0.15, -0.1) is 51.8 Å². The average molecular weight is 926 g/mol. The molecule has 7 heteroatoms. The summed E-state index contributed by atoms with van der Waals surface area (Å²) >= 11 is 3.71. The zero-order valence-corrected chi connectivity index (χ0v) is 37.7. The third-order valence-corrected chi connectivity index (χ3v) is 13.8. The maximum absolute atomic E-state index is 12.2. The summed E-state index contributed by atoms with van der Waals surface area (Å²) in [5.74, 6) is 0.923. The molecule has 6 aromatic rings. The summed E-state index contributed by atoms with van der Waals surface area (Å²) in [6, 6.07) is 19.2. The van der Waals surface area contributed by atoms with Crippen LogP contribution in [-0.2, 0) is 36.7 Å². The molecular formula is C46H57IrN2O2S2-. The van der Waals surface area contributed by atoms with Crippen LogP contribution in [0, 0.1) is 29.7 Å². The smallest absolute Gasteiger partial charge is 0.164 e. The molecule has 0 saturated heterocycles. The van der Waals surface area contributed by atoms with Crippen molar-refractivity contribution in [2.24, 2.45) is 16.7 Å². The van der Waals surface area contributed by atoms with Gasteiger partial charge >= 0.3 is 0 Å². The van der Waals surface area contributed by atoms with Crippen LogP contribution < -0.4 is 0 Å². The van der Waals surface area contributed by atoms with Crippen LogP contribution in [0.4, 0.5) is 0 Å². The summed E-state index contributed by atoms with van der Waals surface area (Å²) in [5, 5.41) is 16.4. The molecular weight excluding hydrogens is 869 g/mol. The molecule has 0 aliphatic rings. The van der Waals surface area contributed by atoms with E-state index in [0.29, 0.717) is 5.92 Å². The zero-order valence-electron chi connectivity index (χ0n) is 33.7. The second-order valence-electron chi connectivity index (χ2n) is 16.4. The minimum Gasteiger partial charge on any atom is -0.512 e. The Bertz CT molecular complexity index is 2260. The number of hydrogen-bond donors (Lipinski definition) is 1. The van der Waals surface area contributed by atoms with E-state index in [2.05, 4.69) is 90.1 Å². The first-order chi connectivity index (χ1) is 24.5. The fourth-order valence-corrected chi connectivity index (χ4v) is 9.39. The summed E-state index contributed by atoms with van der Waals surface area (Å²) in [5.41, 5.74) is 4.18. The molecule has 1 radical (unpaired) electrons. The van der Waals surface area contributed by atoms with Crippen LogP contribution in [0.15, 0.2) is 60.6 Å². The number of carbonyl (C=O) groups is 1. The van der Waals surface area contributed by atoms with Crippen molar-refractivity contribution in [3.63, 3.8) is 0 Å². The number of fused-ring (bicyclic) bond motifs is 6. The Balaban J connectivity index is 0.000000299. The molecule has 0 saturated carbocycles. The van der Waals surface area contributed by atoms with E-state index in [1.807, 2.05) is 52.9 Å². The molecule has 0 unspecified atom stereocenters. The Morgan fingerprint density at radius 3 is 2.04 bits per heavy atom. The number of carbonyl (C=O) groups excluding carboxylic acids is 1. The molecule has 1 N–H and O–H groups in total. The minimum atomic E-state index is -0.337. The Morgan fingerprint density at radius 2 is 1.45 bits per heavy atom. The fraction of sp³-hybridized carbons (Fsp3) is 0.457. The molecule has 0 atom stereocenters. The van der Waals surface area contributed by atoms with Crippen molar-refractivity contribution >= 4 is 69.6 Å². The first-order valence-corrected chi connectivity index (χ1v) is 20.6. The molecule has 0 spiro atoms. The molecule has 6 rings (SSSR count). The quantitative estimate of drug-likeness (QED) is 0.0845. The predicted octanol–water partition coefficient (Wildman–Crippen LogP) is 14.1. The van der Waals surface area contributed by atoms with Crippen molar-refractivity contribution in [2.75, 3.05) is 0 Å². The van der Waals surface area contributed by atoms with Gasteiger partial charge < -0.3 is 5.11 Å². The van der Waals surface area contributed by atoms with Gasteiger partial charge in [0.25, 0.3) is 0 Å². The van der Waals surface area contributed by atoms with E-state index in [-0.39, 0.29) is 47.9 Å². The number of allylic oxidation sites excluding steroid dienone is 2. The minimum absolute atomic E-state index is 0. The van der Waals surface area contributed by atoms with E-state index in [9.17, 15) is 9.90 Å². The molecule has 0 aliphatic heterocycles. The van der Waals surface area contributed by atoms with Gasteiger partial charge in [-0.25, -0.2) is 4.98 Å². The van der Waals surface area contributed by atoms with E-state index in [0.717, 1.165) is 53.6 Å². The third-order valence-electron chi connectivity index (χ3n) is 11.5. The van der Waals surface area contributed by atoms with Gasteiger partial charge in [-0.05, 0) is 68.1 Å². The largest absolute Gasteiger partial charge is 0.512 e. The SMILES string of the molecule is CCC(C)(CC)C(=O)/C=C(\O)C(C)(CC)CC.Cc1c(CC(C)C)sc2ccc3sc4ncnc(-c5[c-]c6ccccc6c(C(C)(C)C)c5)c4c3c12.[Ir]. The van der Waals surface area contributed by atoms with E-state index < -0.39 is 0 Å². The fourth-order valence-electron chi connectivity index (χ4n) is 6.91. The predicted molar refractivity (Wildman–Crippen MR) is 227 cm³/mol. The van der Waals surface area contributed by atoms with E-state index in [1.54, 1.807) is 17.7 Å². The molecule has 0 fully saturated rings. The standard InChI is InChI=1S/C31H29N2S2.C15H28O2.Ir/c1-17(2)13-25-18(3)26-23(34-25)11-12-24-27(26)28-29(32-16-33-30(28)35-24)20-14-19-9-7-8-10-21(19)22(15-20)31(4,5)6;1-7-14(5,8-2)12(16)11-13(17)15(6,9-3)10-4;/h7-12,15-17H,13H2,1-6H3;11,16H,7-10H2,1-6H3;/q-1;;/b;12-11-;. The molecule has 0 amide bonds. The van der Waals surface area contributed by atoms with Crippen molar-refractivity contribution in [1.82, 2.24) is 9.97 Å². The van der Waals surface area contributed by atoms with Crippen LogP contribution in [0.25, 0.3) is 52.4 Å². The van der Waals surface area contributed by atoms with Crippen molar-refractivity contribution < 1.29 is 30.0 Å². The number of aryl methyl sites for hydroxylation is 1. The monoisotopic (exact) mass is 926 g/mol. The molecule has 285 valence electrons. The molecule has 3 aromatic carbocycles. The van der Waals surface area contributed by atoms with Crippen LogP contribution in [-0.4, -0.2) is 20.9 Å². The van der Waals surface area contributed by atoms with Gasteiger partial charge in [0.2, 0.25) is 0 Å². The summed E-state index contributed by atoms with van der Waals surface area (Å²) in [6.07, 6.45) is 7.59. The van der Waals surface area contributed by atoms with Gasteiger partial charge in [0.15, 0.2) is 5.78 Å². The molecule has 0 bridgehead atoms. The zero-order chi connectivity index (χ0) is 38.2. The summed E-state index contributed by atoms with van der Waals surface area (Å²) in [7, 11) is 0. The molecule has 53 heavy (non-hydrogen) atoms. The van der Waals surface area contributed by atoms with Crippen LogP contribution in [0.1, 0.15) is 118 Å². The van der Waals surface area contributed by atoms with Gasteiger partial charge in [0, 0.05) is 73.1 Å². The first kappa shape index (κ1) is 42.8. The number of ketones is 1. The van der Waals surface area contributed by atoms with Crippen molar-refractivity contribution in [2.45, 2.75) is 121 Å².